The van der Waals surface area contributed by atoms with Crippen molar-refractivity contribution >= 4 is 23.2 Å². The van der Waals surface area contributed by atoms with Crippen LogP contribution in [0.1, 0.15) is 0 Å². The van der Waals surface area contributed by atoms with Gasteiger partial charge in [0.2, 0.25) is 0 Å². The van der Waals surface area contributed by atoms with E-state index in [2.05, 4.69) is 5.32 Å². The summed E-state index contributed by atoms with van der Waals surface area (Å²) in [6, 6.07) is 5.01. The minimum atomic E-state index is -0.817. The second-order valence-corrected chi connectivity index (χ2v) is 2.60. The Labute approximate surface area is 78.7 Å². The molecule has 0 spiro atoms. The average Bonchev–Trinajstić information content (AvgIpc) is 2.11. The summed E-state index contributed by atoms with van der Waals surface area (Å²) < 4.78 is 12.6. The van der Waals surface area contributed by atoms with Gasteiger partial charge in [0, 0.05) is 5.69 Å². The first-order valence-corrected chi connectivity index (χ1v) is 3.67. The zero-order valence-electron chi connectivity index (χ0n) is 6.34. The van der Waals surface area contributed by atoms with E-state index in [1.54, 1.807) is 0 Å². The van der Waals surface area contributed by atoms with Gasteiger partial charge in [-0.2, -0.15) is 5.26 Å². The van der Waals surface area contributed by atoms with Crippen LogP contribution < -0.4 is 5.32 Å². The maximum absolute atomic E-state index is 12.6. The van der Waals surface area contributed by atoms with Crippen LogP contribution in [0.15, 0.2) is 18.2 Å². The predicted octanol–water partition coefficient (Wildman–Crippen LogP) is 1.94. The van der Waals surface area contributed by atoms with Gasteiger partial charge >= 0.3 is 5.91 Å². The highest BCUT2D eigenvalue weighted by Crippen LogP contribution is 2.18. The van der Waals surface area contributed by atoms with Gasteiger partial charge in [-0.3, -0.25) is 4.79 Å². The zero-order chi connectivity index (χ0) is 9.84. The average molecular weight is 199 g/mol. The Balaban J connectivity index is 2.87. The first kappa shape index (κ1) is 9.49. The Hall–Kier alpha value is -1.60. The lowest BCUT2D eigenvalue weighted by molar-refractivity contribution is -0.111. The lowest BCUT2D eigenvalue weighted by Gasteiger charge is -2.00. The van der Waals surface area contributed by atoms with Crippen LogP contribution in [0, 0.1) is 17.1 Å². The van der Waals surface area contributed by atoms with Crippen molar-refractivity contribution in [2.24, 2.45) is 0 Å². The molecular formula is C8H4ClFN2O. The number of hydrogen-bond donors (Lipinski definition) is 1. The molecule has 0 atom stereocenters. The third kappa shape index (κ3) is 2.42. The number of benzene rings is 1. The van der Waals surface area contributed by atoms with Crippen molar-refractivity contribution in [2.45, 2.75) is 0 Å². The van der Waals surface area contributed by atoms with Gasteiger partial charge < -0.3 is 5.32 Å². The van der Waals surface area contributed by atoms with Crippen molar-refractivity contribution in [3.05, 3.63) is 29.0 Å². The van der Waals surface area contributed by atoms with Crippen molar-refractivity contribution in [1.29, 1.82) is 5.26 Å². The fraction of sp³-hybridized carbons (Fsp3) is 0. The third-order valence-corrected chi connectivity index (χ3v) is 1.57. The summed E-state index contributed by atoms with van der Waals surface area (Å²) in [5.41, 5.74) is 0.290. The quantitative estimate of drug-likeness (QED) is 0.701. The van der Waals surface area contributed by atoms with Crippen molar-refractivity contribution < 1.29 is 9.18 Å². The molecule has 0 radical (unpaired) electrons. The van der Waals surface area contributed by atoms with E-state index in [1.165, 1.54) is 18.2 Å². The van der Waals surface area contributed by atoms with Crippen LogP contribution in [0.2, 0.25) is 5.02 Å². The van der Waals surface area contributed by atoms with Crippen LogP contribution in [0.25, 0.3) is 0 Å². The minimum Gasteiger partial charge on any atom is -0.313 e. The van der Waals surface area contributed by atoms with Crippen molar-refractivity contribution in [3.8, 4) is 6.07 Å². The molecule has 66 valence electrons. The van der Waals surface area contributed by atoms with E-state index in [9.17, 15) is 9.18 Å². The van der Waals surface area contributed by atoms with Crippen LogP contribution in [0.4, 0.5) is 10.1 Å². The smallest absolute Gasteiger partial charge is 0.313 e. The van der Waals surface area contributed by atoms with Crippen LogP contribution in [-0.2, 0) is 4.79 Å². The molecule has 1 rings (SSSR count). The zero-order valence-corrected chi connectivity index (χ0v) is 7.10. The molecule has 0 aliphatic rings. The Kier molecular flexibility index (Phi) is 2.83. The third-order valence-electron chi connectivity index (χ3n) is 1.28. The lowest BCUT2D eigenvalue weighted by atomic mass is 10.3. The van der Waals surface area contributed by atoms with Gasteiger partial charge in [0.15, 0.2) is 6.07 Å². The van der Waals surface area contributed by atoms with Crippen molar-refractivity contribution in [1.82, 2.24) is 0 Å². The summed E-state index contributed by atoms with van der Waals surface area (Å²) in [4.78, 5) is 10.6. The summed E-state index contributed by atoms with van der Waals surface area (Å²) >= 11 is 5.43. The Morgan fingerprint density at radius 3 is 2.85 bits per heavy atom. The molecule has 5 heteroatoms. The molecule has 0 aliphatic carbocycles. The molecule has 3 nitrogen and oxygen atoms in total. The highest BCUT2D eigenvalue weighted by molar-refractivity contribution is 6.31. The number of carbonyl (C=O) groups is 1. The molecule has 13 heavy (non-hydrogen) atoms. The molecule has 0 unspecified atom stereocenters. The number of hydrogen-bond acceptors (Lipinski definition) is 2. The monoisotopic (exact) mass is 198 g/mol. The number of nitrogens with zero attached hydrogens (tertiary/aromatic N) is 1. The van der Waals surface area contributed by atoms with Gasteiger partial charge in [-0.1, -0.05) is 11.6 Å². The number of rotatable bonds is 1. The largest absolute Gasteiger partial charge is 0.326 e. The number of halogens is 2. The molecule has 0 aliphatic heterocycles. The van der Waals surface area contributed by atoms with E-state index in [0.717, 1.165) is 6.07 Å². The van der Waals surface area contributed by atoms with Crippen LogP contribution in [0.3, 0.4) is 0 Å². The number of nitriles is 1. The first-order chi connectivity index (χ1) is 6.13. The molecule has 0 aromatic heterocycles. The van der Waals surface area contributed by atoms with E-state index in [1.807, 2.05) is 0 Å². The SMILES string of the molecule is N#CC(=O)Nc1ccc(F)c(Cl)c1. The van der Waals surface area contributed by atoms with Crippen molar-refractivity contribution in [3.63, 3.8) is 0 Å². The van der Waals surface area contributed by atoms with Crippen molar-refractivity contribution in [2.75, 3.05) is 5.32 Å². The number of anilines is 1. The summed E-state index contributed by atoms with van der Waals surface area (Å²) in [6.45, 7) is 0. The molecule has 1 amide bonds. The summed E-state index contributed by atoms with van der Waals surface area (Å²) in [5, 5.41) is 10.3. The maximum Gasteiger partial charge on any atom is 0.326 e. The highest BCUT2D eigenvalue weighted by Gasteiger charge is 2.03. The molecular weight excluding hydrogens is 195 g/mol. The Morgan fingerprint density at radius 2 is 2.31 bits per heavy atom. The molecule has 0 fully saturated rings. The Morgan fingerprint density at radius 1 is 1.62 bits per heavy atom. The normalized spacial score (nSPS) is 9.00. The highest BCUT2D eigenvalue weighted by atomic mass is 35.5. The number of amides is 1. The first-order valence-electron chi connectivity index (χ1n) is 3.29. The predicted molar refractivity (Wildman–Crippen MR) is 45.7 cm³/mol. The van der Waals surface area contributed by atoms with E-state index < -0.39 is 11.7 Å². The van der Waals surface area contributed by atoms with Crippen LogP contribution in [0.5, 0.6) is 0 Å². The molecule has 1 aromatic rings. The second-order valence-electron chi connectivity index (χ2n) is 2.19. The fourth-order valence-electron chi connectivity index (χ4n) is 0.733. The molecule has 0 saturated carbocycles. The second kappa shape index (κ2) is 3.87. The van der Waals surface area contributed by atoms with Gasteiger partial charge in [-0.25, -0.2) is 4.39 Å². The maximum atomic E-state index is 12.6. The standard InChI is InChI=1S/C8H4ClFN2O/c9-6-3-5(1-2-7(6)10)12-8(13)4-11/h1-3H,(H,12,13). The topological polar surface area (TPSA) is 52.9 Å². The molecule has 1 N–H and O–H groups in total. The summed E-state index contributed by atoms with van der Waals surface area (Å²) in [7, 11) is 0. The number of nitrogens with one attached hydrogen (secondary N) is 1. The van der Waals surface area contributed by atoms with Gasteiger partial charge in [0.25, 0.3) is 0 Å². The molecule has 0 saturated heterocycles. The van der Waals surface area contributed by atoms with Crippen LogP contribution in [-0.4, -0.2) is 5.91 Å². The summed E-state index contributed by atoms with van der Waals surface area (Å²) in [6.07, 6.45) is 0. The van der Waals surface area contributed by atoms with E-state index >= 15 is 0 Å². The van der Waals surface area contributed by atoms with Crippen LogP contribution >= 0.6 is 11.6 Å². The van der Waals surface area contributed by atoms with Gasteiger partial charge in [0.05, 0.1) is 5.02 Å². The van der Waals surface area contributed by atoms with Gasteiger partial charge in [0.1, 0.15) is 5.82 Å². The molecule has 0 bridgehead atoms. The Bertz CT molecular complexity index is 386. The van der Waals surface area contributed by atoms with Gasteiger partial charge in [-0.15, -0.1) is 0 Å². The lowest BCUT2D eigenvalue weighted by Crippen LogP contribution is -2.07. The molecule has 0 heterocycles. The molecule has 1 aromatic carbocycles. The number of carbonyl (C=O) groups excluding carboxylic acids is 1. The van der Waals surface area contributed by atoms with Gasteiger partial charge in [-0.05, 0) is 18.2 Å². The van der Waals surface area contributed by atoms with E-state index in [-0.39, 0.29) is 10.7 Å². The fourth-order valence-corrected chi connectivity index (χ4v) is 0.913. The van der Waals surface area contributed by atoms with E-state index in [4.69, 9.17) is 16.9 Å². The summed E-state index contributed by atoms with van der Waals surface area (Å²) in [5.74, 6) is -1.39. The minimum absolute atomic E-state index is 0.101. The van der Waals surface area contributed by atoms with E-state index in [0.29, 0.717) is 0 Å².